The number of aromatic nitrogens is 2. The molecule has 0 aliphatic heterocycles. The Bertz CT molecular complexity index is 547. The second-order valence-electron chi connectivity index (χ2n) is 4.67. The van der Waals surface area contributed by atoms with Gasteiger partial charge in [0.25, 0.3) is 0 Å². The lowest BCUT2D eigenvalue weighted by Gasteiger charge is -2.14. The maximum absolute atomic E-state index is 9.31. The minimum Gasteiger partial charge on any atom is -0.493 e. The third kappa shape index (κ3) is 2.79. The third-order valence-corrected chi connectivity index (χ3v) is 2.99. The number of rotatable bonds is 5. The van der Waals surface area contributed by atoms with Crippen molar-refractivity contribution < 1.29 is 9.84 Å². The fraction of sp³-hybridized carbons (Fsp3) is 0.400. The van der Waals surface area contributed by atoms with Crippen LogP contribution in [-0.2, 0) is 6.61 Å². The fourth-order valence-corrected chi connectivity index (χ4v) is 2.09. The molecule has 1 N–H and O–H groups in total. The maximum atomic E-state index is 9.31. The molecule has 0 unspecified atom stereocenters. The fourth-order valence-electron chi connectivity index (χ4n) is 2.09. The van der Waals surface area contributed by atoms with Crippen molar-refractivity contribution in [2.24, 2.45) is 0 Å². The molecule has 0 bridgehead atoms. The molecular formula is C15H20N2O2. The van der Waals surface area contributed by atoms with Crippen LogP contribution in [0.4, 0.5) is 0 Å². The number of hydrogen-bond donors (Lipinski definition) is 1. The highest BCUT2D eigenvalue weighted by Crippen LogP contribution is 2.28. The van der Waals surface area contributed by atoms with E-state index in [0.717, 1.165) is 22.6 Å². The molecule has 2 rings (SSSR count). The summed E-state index contributed by atoms with van der Waals surface area (Å²) in [5.41, 5.74) is 2.91. The van der Waals surface area contributed by atoms with Crippen molar-refractivity contribution in [2.75, 3.05) is 6.61 Å². The Balaban J connectivity index is 2.45. The van der Waals surface area contributed by atoms with E-state index in [1.54, 1.807) is 6.20 Å². The molecule has 0 spiro atoms. The predicted octanol–water partition coefficient (Wildman–Crippen LogP) is 3.02. The summed E-state index contributed by atoms with van der Waals surface area (Å²) >= 11 is 0. The minimum atomic E-state index is -0.0148. The molecular weight excluding hydrogens is 240 g/mol. The van der Waals surface area contributed by atoms with Crippen LogP contribution < -0.4 is 4.74 Å². The second-order valence-corrected chi connectivity index (χ2v) is 4.67. The van der Waals surface area contributed by atoms with E-state index in [4.69, 9.17) is 4.74 Å². The number of benzene rings is 1. The monoisotopic (exact) mass is 260 g/mol. The van der Waals surface area contributed by atoms with Gasteiger partial charge in [-0.3, -0.25) is 4.68 Å². The first-order valence-corrected chi connectivity index (χ1v) is 6.57. The Hall–Kier alpha value is -1.81. The molecule has 0 aliphatic rings. The van der Waals surface area contributed by atoms with Crippen molar-refractivity contribution in [2.45, 2.75) is 33.4 Å². The van der Waals surface area contributed by atoms with Gasteiger partial charge in [-0.15, -0.1) is 0 Å². The van der Waals surface area contributed by atoms with Crippen molar-refractivity contribution in [3.8, 4) is 17.0 Å². The Morgan fingerprint density at radius 2 is 2.11 bits per heavy atom. The van der Waals surface area contributed by atoms with Gasteiger partial charge in [0.1, 0.15) is 5.75 Å². The maximum Gasteiger partial charge on any atom is 0.125 e. The summed E-state index contributed by atoms with van der Waals surface area (Å²) in [5, 5.41) is 13.6. The van der Waals surface area contributed by atoms with Gasteiger partial charge in [0.15, 0.2) is 0 Å². The zero-order chi connectivity index (χ0) is 13.8. The van der Waals surface area contributed by atoms with E-state index in [9.17, 15) is 5.11 Å². The summed E-state index contributed by atoms with van der Waals surface area (Å²) in [4.78, 5) is 0. The van der Waals surface area contributed by atoms with E-state index in [1.165, 1.54) is 0 Å². The van der Waals surface area contributed by atoms with Gasteiger partial charge in [0.2, 0.25) is 0 Å². The summed E-state index contributed by atoms with van der Waals surface area (Å²) < 4.78 is 7.55. The smallest absolute Gasteiger partial charge is 0.125 e. The number of aliphatic hydroxyl groups is 1. The highest BCUT2D eigenvalue weighted by Gasteiger charge is 2.11. The van der Waals surface area contributed by atoms with E-state index in [2.05, 4.69) is 18.9 Å². The van der Waals surface area contributed by atoms with E-state index in [0.29, 0.717) is 12.6 Å². The third-order valence-electron chi connectivity index (χ3n) is 2.99. The van der Waals surface area contributed by atoms with E-state index < -0.39 is 0 Å². The standard InChI is InChI=1S/C15H20N2O2/c1-4-19-15-9-12(5-6-13(15)10-18)14-7-8-16-17(14)11(2)3/h5-9,11,18H,4,10H2,1-3H3. The van der Waals surface area contributed by atoms with Gasteiger partial charge in [0, 0.05) is 23.4 Å². The molecule has 0 radical (unpaired) electrons. The second kappa shape index (κ2) is 5.89. The number of nitrogens with zero attached hydrogens (tertiary/aromatic N) is 2. The summed E-state index contributed by atoms with van der Waals surface area (Å²) in [5.74, 6) is 0.735. The van der Waals surface area contributed by atoms with Gasteiger partial charge >= 0.3 is 0 Å². The lowest BCUT2D eigenvalue weighted by molar-refractivity contribution is 0.267. The molecule has 2 aromatic rings. The van der Waals surface area contributed by atoms with Crippen molar-refractivity contribution >= 4 is 0 Å². The predicted molar refractivity (Wildman–Crippen MR) is 75.1 cm³/mol. The van der Waals surface area contributed by atoms with Crippen LogP contribution >= 0.6 is 0 Å². The summed E-state index contributed by atoms with van der Waals surface area (Å²) in [7, 11) is 0. The van der Waals surface area contributed by atoms with Gasteiger partial charge in [-0.05, 0) is 32.9 Å². The number of ether oxygens (including phenoxy) is 1. The van der Waals surface area contributed by atoms with Crippen LogP contribution in [0.2, 0.25) is 0 Å². The van der Waals surface area contributed by atoms with Crippen LogP contribution in [-0.4, -0.2) is 21.5 Å². The molecule has 0 atom stereocenters. The first-order valence-electron chi connectivity index (χ1n) is 6.57. The SMILES string of the molecule is CCOc1cc(-c2ccnn2C(C)C)ccc1CO. The summed E-state index contributed by atoms with van der Waals surface area (Å²) in [6.07, 6.45) is 1.80. The van der Waals surface area contributed by atoms with Gasteiger partial charge < -0.3 is 9.84 Å². The van der Waals surface area contributed by atoms with Crippen molar-refractivity contribution in [1.82, 2.24) is 9.78 Å². The molecule has 0 fully saturated rings. The highest BCUT2D eigenvalue weighted by molar-refractivity contribution is 5.63. The molecule has 4 nitrogen and oxygen atoms in total. The largest absolute Gasteiger partial charge is 0.493 e. The van der Waals surface area contributed by atoms with Crippen molar-refractivity contribution in [3.05, 3.63) is 36.0 Å². The molecule has 19 heavy (non-hydrogen) atoms. The Morgan fingerprint density at radius 3 is 2.74 bits per heavy atom. The van der Waals surface area contributed by atoms with Crippen molar-refractivity contribution in [3.63, 3.8) is 0 Å². The molecule has 1 heterocycles. The van der Waals surface area contributed by atoms with Crippen LogP contribution in [0, 0.1) is 0 Å². The molecule has 0 aliphatic carbocycles. The van der Waals surface area contributed by atoms with Crippen LogP contribution in [0.3, 0.4) is 0 Å². The van der Waals surface area contributed by atoms with E-state index in [-0.39, 0.29) is 6.61 Å². The van der Waals surface area contributed by atoms with Crippen LogP contribution in [0.5, 0.6) is 5.75 Å². The van der Waals surface area contributed by atoms with E-state index >= 15 is 0 Å². The lowest BCUT2D eigenvalue weighted by atomic mass is 10.1. The molecule has 102 valence electrons. The summed E-state index contributed by atoms with van der Waals surface area (Å²) in [6.45, 7) is 6.70. The first kappa shape index (κ1) is 13.6. The van der Waals surface area contributed by atoms with Crippen molar-refractivity contribution in [1.29, 1.82) is 0 Å². The highest BCUT2D eigenvalue weighted by atomic mass is 16.5. The summed E-state index contributed by atoms with van der Waals surface area (Å²) in [6, 6.07) is 8.15. The first-order chi connectivity index (χ1) is 9.17. The topological polar surface area (TPSA) is 47.3 Å². The zero-order valence-corrected chi connectivity index (χ0v) is 11.6. The number of hydrogen-bond acceptors (Lipinski definition) is 3. The molecule has 1 aromatic heterocycles. The molecule has 0 saturated carbocycles. The molecule has 4 heteroatoms. The normalized spacial score (nSPS) is 11.0. The average molecular weight is 260 g/mol. The van der Waals surface area contributed by atoms with Gasteiger partial charge in [-0.25, -0.2) is 0 Å². The Kier molecular flexibility index (Phi) is 4.22. The number of aliphatic hydroxyl groups excluding tert-OH is 1. The van der Waals surface area contributed by atoms with Gasteiger partial charge in [-0.2, -0.15) is 5.10 Å². The quantitative estimate of drug-likeness (QED) is 0.899. The molecule has 0 amide bonds. The van der Waals surface area contributed by atoms with Crippen LogP contribution in [0.25, 0.3) is 11.3 Å². The lowest BCUT2D eigenvalue weighted by Crippen LogP contribution is -2.05. The Labute approximate surface area is 113 Å². The van der Waals surface area contributed by atoms with Crippen LogP contribution in [0.1, 0.15) is 32.4 Å². The zero-order valence-electron chi connectivity index (χ0n) is 11.6. The van der Waals surface area contributed by atoms with Gasteiger partial charge in [0.05, 0.1) is 18.9 Å². The van der Waals surface area contributed by atoms with Gasteiger partial charge in [-0.1, -0.05) is 12.1 Å². The van der Waals surface area contributed by atoms with Crippen LogP contribution in [0.15, 0.2) is 30.5 Å². The minimum absolute atomic E-state index is 0.0148. The average Bonchev–Trinajstić information content (AvgIpc) is 2.88. The Morgan fingerprint density at radius 1 is 1.32 bits per heavy atom. The molecule has 1 aromatic carbocycles. The van der Waals surface area contributed by atoms with E-state index in [1.807, 2.05) is 35.9 Å². The molecule has 0 saturated heterocycles.